The molecule has 1 aliphatic rings. The summed E-state index contributed by atoms with van der Waals surface area (Å²) >= 11 is 0. The minimum atomic E-state index is -1.10. The van der Waals surface area contributed by atoms with Gasteiger partial charge in [-0.05, 0) is 12.8 Å². The van der Waals surface area contributed by atoms with Crippen LogP contribution < -0.4 is 4.70 Å². The summed E-state index contributed by atoms with van der Waals surface area (Å²) in [6, 6.07) is 9.09. The maximum atomic E-state index is 12.1. The fourth-order valence-electron chi connectivity index (χ4n) is 2.22. The van der Waals surface area contributed by atoms with Crippen molar-refractivity contribution >= 4 is 5.78 Å². The fourth-order valence-corrected chi connectivity index (χ4v) is 2.22. The van der Waals surface area contributed by atoms with Crippen LogP contribution in [0.3, 0.4) is 0 Å². The van der Waals surface area contributed by atoms with Crippen molar-refractivity contribution < 1.29 is 14.6 Å². The molecule has 1 saturated carbocycles. The van der Waals surface area contributed by atoms with Crippen LogP contribution in [0.25, 0.3) is 0 Å². The van der Waals surface area contributed by atoms with E-state index in [-0.39, 0.29) is 10.5 Å². The zero-order valence-corrected chi connectivity index (χ0v) is 9.16. The van der Waals surface area contributed by atoms with Gasteiger partial charge in [-0.25, -0.2) is 0 Å². The first-order valence-electron chi connectivity index (χ1n) is 5.55. The first-order chi connectivity index (χ1) is 7.22. The minimum Gasteiger partial charge on any atom is -1.00 e. The molecule has 1 aromatic carbocycles. The Kier molecular flexibility index (Phi) is 4.19. The quantitative estimate of drug-likeness (QED) is 0.691. The highest BCUT2D eigenvalue weighted by Crippen LogP contribution is 2.30. The molecule has 88 valence electrons. The molecule has 0 unspecified atom stereocenters. The van der Waals surface area contributed by atoms with Crippen molar-refractivity contribution in [3.8, 4) is 0 Å². The van der Waals surface area contributed by atoms with Gasteiger partial charge in [-0.2, -0.15) is 0 Å². The van der Waals surface area contributed by atoms with Crippen molar-refractivity contribution in [1.82, 2.24) is 0 Å². The van der Waals surface area contributed by atoms with Crippen LogP contribution in [0.1, 0.15) is 42.5 Å². The number of halogens is 1. The number of carbonyl (C=O) groups is 1. The largest absolute Gasteiger partial charge is 1.00 e. The van der Waals surface area contributed by atoms with E-state index < -0.39 is 5.60 Å². The predicted octanol–water partition coefficient (Wildman–Crippen LogP) is -0.431. The highest BCUT2D eigenvalue weighted by molar-refractivity contribution is 6.02. The van der Waals surface area contributed by atoms with Crippen LogP contribution in [0.15, 0.2) is 30.3 Å². The van der Waals surface area contributed by atoms with Gasteiger partial charge in [-0.3, -0.25) is 4.79 Å². The summed E-state index contributed by atoms with van der Waals surface area (Å²) in [5.41, 5.74) is -0.471. The highest BCUT2D eigenvalue weighted by Gasteiger charge is 2.37. The lowest BCUT2D eigenvalue weighted by Gasteiger charge is -2.30. The average molecular weight is 223 g/mol. The van der Waals surface area contributed by atoms with E-state index in [0.29, 0.717) is 18.4 Å². The number of rotatable bonds is 2. The van der Waals surface area contributed by atoms with Crippen molar-refractivity contribution in [2.75, 3.05) is 0 Å². The summed E-state index contributed by atoms with van der Waals surface area (Å²) in [6.07, 6.45) is 4.26. The van der Waals surface area contributed by atoms with E-state index in [1.807, 2.05) is 18.2 Å². The summed E-state index contributed by atoms with van der Waals surface area (Å²) in [4.78, 5) is 12.1. The minimum absolute atomic E-state index is 0. The number of hydrogen-bond donors (Lipinski definition) is 1. The van der Waals surface area contributed by atoms with Gasteiger partial charge in [-0.15, -0.1) is 0 Å². The van der Waals surface area contributed by atoms with E-state index >= 15 is 0 Å². The third kappa shape index (κ3) is 2.47. The monoisotopic (exact) mass is 223 g/mol. The van der Waals surface area contributed by atoms with Crippen LogP contribution in [0.5, 0.6) is 0 Å². The summed E-state index contributed by atoms with van der Waals surface area (Å²) in [6.45, 7) is 0. The topological polar surface area (TPSA) is 37.3 Å². The Morgan fingerprint density at radius 3 is 2.19 bits per heavy atom. The van der Waals surface area contributed by atoms with Crippen molar-refractivity contribution in [1.29, 1.82) is 0 Å². The van der Waals surface area contributed by atoms with E-state index in [4.69, 9.17) is 0 Å². The smallest absolute Gasteiger partial charge is 0.194 e. The van der Waals surface area contributed by atoms with Gasteiger partial charge in [0.2, 0.25) is 0 Å². The third-order valence-electron chi connectivity index (χ3n) is 3.14. The maximum absolute atomic E-state index is 12.1. The van der Waals surface area contributed by atoms with Gasteiger partial charge in [0.05, 0.1) is 0 Å². The second-order valence-corrected chi connectivity index (χ2v) is 4.29. The molecule has 0 heterocycles. The average Bonchev–Trinajstić information content (AvgIpc) is 2.30. The molecule has 0 bridgehead atoms. The number of hydrogen-bond acceptors (Lipinski definition) is 2. The van der Waals surface area contributed by atoms with Crippen LogP contribution in [0.2, 0.25) is 0 Å². The molecule has 1 fully saturated rings. The molecule has 0 atom stereocenters. The Hall–Kier alpha value is -1.22. The zero-order chi connectivity index (χ0) is 10.7. The molecule has 0 aliphatic heterocycles. The molecule has 0 aromatic heterocycles. The Morgan fingerprint density at radius 2 is 1.62 bits per heavy atom. The Morgan fingerprint density at radius 1 is 1.06 bits per heavy atom. The molecular formula is C13H16FO2-. The van der Waals surface area contributed by atoms with Crippen molar-refractivity contribution in [2.45, 2.75) is 37.7 Å². The van der Waals surface area contributed by atoms with E-state index in [1.54, 1.807) is 12.1 Å². The lowest BCUT2D eigenvalue weighted by atomic mass is 9.79. The number of ketones is 1. The van der Waals surface area contributed by atoms with Crippen LogP contribution in [0, 0.1) is 0 Å². The van der Waals surface area contributed by atoms with E-state index in [2.05, 4.69) is 0 Å². The molecule has 0 spiro atoms. The Bertz CT molecular complexity index is 342. The molecule has 0 amide bonds. The maximum Gasteiger partial charge on any atom is 0.194 e. The van der Waals surface area contributed by atoms with Gasteiger partial charge in [-0.1, -0.05) is 49.6 Å². The second-order valence-electron chi connectivity index (χ2n) is 4.29. The van der Waals surface area contributed by atoms with Crippen LogP contribution in [0.4, 0.5) is 0 Å². The lowest BCUT2D eigenvalue weighted by molar-refractivity contribution is -0.0000106. The molecule has 1 aromatic rings. The van der Waals surface area contributed by atoms with Crippen molar-refractivity contribution in [2.24, 2.45) is 0 Å². The molecule has 2 nitrogen and oxygen atoms in total. The molecule has 2 rings (SSSR count). The van der Waals surface area contributed by atoms with E-state index in [0.717, 1.165) is 19.3 Å². The number of carbonyl (C=O) groups excluding carboxylic acids is 1. The summed E-state index contributed by atoms with van der Waals surface area (Å²) in [7, 11) is 0. The number of aliphatic hydroxyl groups is 1. The number of benzene rings is 1. The zero-order valence-electron chi connectivity index (χ0n) is 9.16. The molecule has 0 saturated heterocycles. The van der Waals surface area contributed by atoms with Gasteiger partial charge in [0, 0.05) is 5.56 Å². The summed E-state index contributed by atoms with van der Waals surface area (Å²) in [5, 5.41) is 10.2. The van der Waals surface area contributed by atoms with Crippen molar-refractivity contribution in [3.05, 3.63) is 35.9 Å². The van der Waals surface area contributed by atoms with Crippen molar-refractivity contribution in [3.63, 3.8) is 0 Å². The third-order valence-corrected chi connectivity index (χ3v) is 3.14. The van der Waals surface area contributed by atoms with Gasteiger partial charge in [0.15, 0.2) is 5.78 Å². The summed E-state index contributed by atoms with van der Waals surface area (Å²) < 4.78 is 0. The molecular weight excluding hydrogens is 207 g/mol. The Labute approximate surface area is 94.7 Å². The Balaban J connectivity index is 0.00000128. The lowest BCUT2D eigenvalue weighted by Crippen LogP contribution is -3.00. The van der Waals surface area contributed by atoms with Crippen LogP contribution >= 0.6 is 0 Å². The first kappa shape index (κ1) is 12.8. The first-order valence-corrected chi connectivity index (χ1v) is 5.55. The standard InChI is InChI=1S/C13H16O2.FH/c14-12(11-7-3-1-4-8-11)13(15)9-5-2-6-10-13;/h1,3-4,7-8,15H,2,5-6,9-10H2;1H/p-1. The van der Waals surface area contributed by atoms with Gasteiger partial charge >= 0.3 is 0 Å². The van der Waals surface area contributed by atoms with Crippen LogP contribution in [-0.2, 0) is 0 Å². The molecule has 1 N–H and O–H groups in total. The van der Waals surface area contributed by atoms with Crippen LogP contribution in [-0.4, -0.2) is 16.5 Å². The van der Waals surface area contributed by atoms with Gasteiger partial charge in [0.25, 0.3) is 0 Å². The molecule has 16 heavy (non-hydrogen) atoms. The predicted molar refractivity (Wildman–Crippen MR) is 58.8 cm³/mol. The SMILES string of the molecule is O=C(c1ccccc1)C1(O)CCCCC1.[F-]. The van der Waals surface area contributed by atoms with E-state index in [1.165, 1.54) is 0 Å². The summed E-state index contributed by atoms with van der Waals surface area (Å²) in [5.74, 6) is -0.109. The second kappa shape index (κ2) is 5.21. The number of Topliss-reactive ketones (excluding diaryl/α,β-unsaturated/α-hetero) is 1. The molecule has 3 heteroatoms. The normalized spacial score (nSPS) is 18.6. The molecule has 1 aliphatic carbocycles. The molecule has 0 radical (unpaired) electrons. The van der Waals surface area contributed by atoms with Gasteiger partial charge < -0.3 is 9.81 Å². The highest BCUT2D eigenvalue weighted by atomic mass is 19.0. The van der Waals surface area contributed by atoms with Gasteiger partial charge in [0.1, 0.15) is 5.60 Å². The van der Waals surface area contributed by atoms with E-state index in [9.17, 15) is 9.90 Å². The fraction of sp³-hybridized carbons (Fsp3) is 0.462.